The zero-order valence-electron chi connectivity index (χ0n) is 9.59. The number of rotatable bonds is 0. The third-order valence-electron chi connectivity index (χ3n) is 3.11. The molecule has 18 heavy (non-hydrogen) atoms. The van der Waals surface area contributed by atoms with Crippen LogP contribution in [-0.2, 0) is 10.0 Å². The number of nitrogens with zero attached hydrogens (tertiary/aromatic N) is 1. The average Bonchev–Trinajstić information content (AvgIpc) is 2.36. The van der Waals surface area contributed by atoms with Crippen molar-refractivity contribution in [3.63, 3.8) is 0 Å². The van der Waals surface area contributed by atoms with Gasteiger partial charge in [-0.25, -0.2) is 12.8 Å². The van der Waals surface area contributed by atoms with Crippen molar-refractivity contribution in [2.45, 2.75) is 4.90 Å². The summed E-state index contributed by atoms with van der Waals surface area (Å²) in [6.45, 7) is 0. The van der Waals surface area contributed by atoms with Crippen molar-refractivity contribution in [1.29, 1.82) is 0 Å². The van der Waals surface area contributed by atoms with Crippen LogP contribution in [0.15, 0.2) is 47.4 Å². The average molecular weight is 263 g/mol. The Kier molecular flexibility index (Phi) is 2.22. The molecular formula is C13H10FNO2S. The maximum absolute atomic E-state index is 13.3. The highest BCUT2D eigenvalue weighted by atomic mass is 32.2. The van der Waals surface area contributed by atoms with Gasteiger partial charge in [0.1, 0.15) is 5.82 Å². The van der Waals surface area contributed by atoms with Crippen molar-refractivity contribution in [1.82, 2.24) is 0 Å². The summed E-state index contributed by atoms with van der Waals surface area (Å²) in [4.78, 5) is 0.256. The smallest absolute Gasteiger partial charge is 0.264 e. The van der Waals surface area contributed by atoms with Crippen molar-refractivity contribution >= 4 is 15.7 Å². The van der Waals surface area contributed by atoms with Crippen LogP contribution in [0.2, 0.25) is 0 Å². The van der Waals surface area contributed by atoms with E-state index in [1.54, 1.807) is 30.3 Å². The number of benzene rings is 2. The summed E-state index contributed by atoms with van der Waals surface area (Å²) < 4.78 is 39.0. The standard InChI is InChI=1S/C13H10FNO2S/c1-15-12-8-9(14)6-7-10(12)11-4-2-3-5-13(11)18(15,16)17/h2-8H,1H3. The topological polar surface area (TPSA) is 37.4 Å². The van der Waals surface area contributed by atoms with Gasteiger partial charge in [-0.2, -0.15) is 0 Å². The molecule has 3 nitrogen and oxygen atoms in total. The minimum atomic E-state index is -3.58. The van der Waals surface area contributed by atoms with Crippen molar-refractivity contribution < 1.29 is 12.8 Å². The fourth-order valence-corrected chi connectivity index (χ4v) is 3.60. The van der Waals surface area contributed by atoms with Crippen LogP contribution >= 0.6 is 0 Å². The molecule has 0 fully saturated rings. The molecule has 0 spiro atoms. The quantitative estimate of drug-likeness (QED) is 0.732. The Bertz CT molecular complexity index is 740. The predicted molar refractivity (Wildman–Crippen MR) is 67.4 cm³/mol. The molecule has 5 heteroatoms. The first kappa shape index (κ1) is 11.2. The van der Waals surface area contributed by atoms with Gasteiger partial charge in [0.15, 0.2) is 0 Å². The van der Waals surface area contributed by atoms with Crippen molar-refractivity contribution in [3.8, 4) is 11.1 Å². The number of anilines is 1. The van der Waals surface area contributed by atoms with E-state index in [1.807, 2.05) is 0 Å². The van der Waals surface area contributed by atoms with Gasteiger partial charge in [0.05, 0.1) is 10.6 Å². The number of halogens is 1. The highest BCUT2D eigenvalue weighted by molar-refractivity contribution is 7.93. The Morgan fingerprint density at radius 3 is 2.56 bits per heavy atom. The molecule has 0 saturated carbocycles. The molecule has 0 radical (unpaired) electrons. The summed E-state index contributed by atoms with van der Waals surface area (Å²) in [5, 5.41) is 0. The van der Waals surface area contributed by atoms with Gasteiger partial charge in [0.25, 0.3) is 10.0 Å². The van der Waals surface area contributed by atoms with Gasteiger partial charge in [0, 0.05) is 18.2 Å². The second-order valence-corrected chi connectivity index (χ2v) is 6.07. The first-order valence-electron chi connectivity index (χ1n) is 5.40. The SMILES string of the molecule is CN1c2cc(F)ccc2-c2ccccc2S1(=O)=O. The lowest BCUT2D eigenvalue weighted by Crippen LogP contribution is -2.30. The van der Waals surface area contributed by atoms with Crippen LogP contribution in [0.5, 0.6) is 0 Å². The van der Waals surface area contributed by atoms with Crippen LogP contribution in [0.3, 0.4) is 0 Å². The molecule has 0 N–H and O–H groups in total. The van der Waals surface area contributed by atoms with Crippen LogP contribution in [0.4, 0.5) is 10.1 Å². The third-order valence-corrected chi connectivity index (χ3v) is 4.94. The van der Waals surface area contributed by atoms with E-state index >= 15 is 0 Å². The first-order valence-corrected chi connectivity index (χ1v) is 6.84. The molecule has 1 aliphatic rings. The largest absolute Gasteiger partial charge is 0.269 e. The van der Waals surface area contributed by atoms with E-state index in [0.29, 0.717) is 11.3 Å². The summed E-state index contributed by atoms with van der Waals surface area (Å²) >= 11 is 0. The Morgan fingerprint density at radius 1 is 1.06 bits per heavy atom. The molecule has 0 bridgehead atoms. The zero-order chi connectivity index (χ0) is 12.9. The van der Waals surface area contributed by atoms with Gasteiger partial charge in [-0.1, -0.05) is 18.2 Å². The summed E-state index contributed by atoms with van der Waals surface area (Å²) in [7, 11) is -2.15. The second-order valence-electron chi connectivity index (χ2n) is 4.13. The Balaban J connectivity index is 2.44. The van der Waals surface area contributed by atoms with Crippen LogP contribution in [0.1, 0.15) is 0 Å². The maximum atomic E-state index is 13.3. The number of sulfonamides is 1. The molecule has 1 heterocycles. The summed E-state index contributed by atoms with van der Waals surface area (Å²) in [5.41, 5.74) is 1.71. The van der Waals surface area contributed by atoms with E-state index < -0.39 is 15.8 Å². The molecule has 0 aromatic heterocycles. The molecule has 92 valence electrons. The minimum absolute atomic E-state index is 0.256. The second kappa shape index (κ2) is 3.55. The van der Waals surface area contributed by atoms with Crippen LogP contribution in [0.25, 0.3) is 11.1 Å². The number of hydrogen-bond donors (Lipinski definition) is 0. The van der Waals surface area contributed by atoms with E-state index in [4.69, 9.17) is 0 Å². The molecule has 0 saturated heterocycles. The van der Waals surface area contributed by atoms with E-state index in [9.17, 15) is 12.8 Å². The van der Waals surface area contributed by atoms with E-state index in [0.717, 1.165) is 9.87 Å². The summed E-state index contributed by atoms with van der Waals surface area (Å²) in [6, 6.07) is 10.9. The molecule has 1 aliphatic heterocycles. The molecule has 0 amide bonds. The number of fused-ring (bicyclic) bond motifs is 3. The fraction of sp³-hybridized carbons (Fsp3) is 0.0769. The van der Waals surface area contributed by atoms with Crippen molar-refractivity contribution in [3.05, 3.63) is 48.3 Å². The van der Waals surface area contributed by atoms with E-state index in [-0.39, 0.29) is 4.90 Å². The monoisotopic (exact) mass is 263 g/mol. The molecular weight excluding hydrogens is 253 g/mol. The highest BCUT2D eigenvalue weighted by Gasteiger charge is 2.32. The van der Waals surface area contributed by atoms with E-state index in [2.05, 4.69) is 0 Å². The normalized spacial score (nSPS) is 16.0. The van der Waals surface area contributed by atoms with Gasteiger partial charge >= 0.3 is 0 Å². The molecule has 2 aromatic rings. The van der Waals surface area contributed by atoms with Gasteiger partial charge in [-0.15, -0.1) is 0 Å². The van der Waals surface area contributed by atoms with Gasteiger partial charge in [-0.05, 0) is 24.3 Å². The van der Waals surface area contributed by atoms with Crippen LogP contribution in [-0.4, -0.2) is 15.5 Å². The Hall–Kier alpha value is -1.88. The molecule has 0 aliphatic carbocycles. The van der Waals surface area contributed by atoms with Crippen LogP contribution in [0, 0.1) is 5.82 Å². The van der Waals surface area contributed by atoms with Crippen LogP contribution < -0.4 is 4.31 Å². The summed E-state index contributed by atoms with van der Waals surface area (Å²) in [5.74, 6) is -0.449. The summed E-state index contributed by atoms with van der Waals surface area (Å²) in [6.07, 6.45) is 0. The molecule has 0 unspecified atom stereocenters. The fourth-order valence-electron chi connectivity index (χ4n) is 2.18. The predicted octanol–water partition coefficient (Wildman–Crippen LogP) is 2.63. The van der Waals surface area contributed by atoms with Gasteiger partial charge in [0.2, 0.25) is 0 Å². The van der Waals surface area contributed by atoms with Gasteiger partial charge in [-0.3, -0.25) is 4.31 Å². The van der Waals surface area contributed by atoms with Crippen molar-refractivity contribution in [2.75, 3.05) is 11.4 Å². The van der Waals surface area contributed by atoms with E-state index in [1.165, 1.54) is 19.2 Å². The Labute approximate surface area is 105 Å². The maximum Gasteiger partial charge on any atom is 0.264 e. The molecule has 3 rings (SSSR count). The lowest BCUT2D eigenvalue weighted by atomic mass is 10.0. The number of hydrogen-bond acceptors (Lipinski definition) is 2. The lowest BCUT2D eigenvalue weighted by Gasteiger charge is -2.28. The van der Waals surface area contributed by atoms with Crippen molar-refractivity contribution in [2.24, 2.45) is 0 Å². The first-order chi connectivity index (χ1) is 8.51. The lowest BCUT2D eigenvalue weighted by molar-refractivity contribution is 0.593. The molecule has 0 atom stereocenters. The zero-order valence-corrected chi connectivity index (χ0v) is 10.4. The highest BCUT2D eigenvalue weighted by Crippen LogP contribution is 2.42. The minimum Gasteiger partial charge on any atom is -0.269 e. The van der Waals surface area contributed by atoms with Gasteiger partial charge < -0.3 is 0 Å². The molecule has 2 aromatic carbocycles. The Morgan fingerprint density at radius 2 is 1.78 bits per heavy atom. The third kappa shape index (κ3) is 1.37.